The molecule has 0 fully saturated rings. The fourth-order valence-electron chi connectivity index (χ4n) is 2.01. The van der Waals surface area contributed by atoms with Crippen molar-refractivity contribution in [1.29, 1.82) is 0 Å². The van der Waals surface area contributed by atoms with Gasteiger partial charge in [0.1, 0.15) is 5.82 Å². The summed E-state index contributed by atoms with van der Waals surface area (Å²) in [5.74, 6) is 0.875. The molecular weight excluding hydrogens is 246 g/mol. The molecule has 0 aliphatic heterocycles. The van der Waals surface area contributed by atoms with Crippen molar-refractivity contribution in [2.45, 2.75) is 47.1 Å². The van der Waals surface area contributed by atoms with Crippen LogP contribution in [0.2, 0.25) is 0 Å². The zero-order chi connectivity index (χ0) is 15.1. The van der Waals surface area contributed by atoms with Gasteiger partial charge in [0.15, 0.2) is 0 Å². The van der Waals surface area contributed by atoms with Crippen LogP contribution in [0.1, 0.15) is 47.4 Å². The molecule has 2 N–H and O–H groups in total. The van der Waals surface area contributed by atoms with E-state index in [-0.39, 0.29) is 11.0 Å². The number of rotatable bonds is 2. The number of nitrogens with zero attached hydrogens (tertiary/aromatic N) is 1. The third-order valence-electron chi connectivity index (χ3n) is 3.19. The molecule has 1 aromatic heterocycles. The minimum atomic E-state index is 0.0143. The van der Waals surface area contributed by atoms with Crippen molar-refractivity contribution in [2.24, 2.45) is 5.41 Å². The molecule has 0 bridgehead atoms. The van der Waals surface area contributed by atoms with E-state index in [4.69, 9.17) is 0 Å². The van der Waals surface area contributed by atoms with E-state index in [0.29, 0.717) is 0 Å². The van der Waals surface area contributed by atoms with Gasteiger partial charge in [-0.1, -0.05) is 27.4 Å². The van der Waals surface area contributed by atoms with Crippen molar-refractivity contribution < 1.29 is 0 Å². The van der Waals surface area contributed by atoms with E-state index < -0.39 is 0 Å². The Morgan fingerprint density at radius 2 is 1.80 bits per heavy atom. The number of benzene rings is 1. The maximum Gasteiger partial charge on any atom is 0.134 e. The summed E-state index contributed by atoms with van der Waals surface area (Å²) in [5, 5.41) is 3.47. The molecule has 0 saturated heterocycles. The van der Waals surface area contributed by atoms with Gasteiger partial charge in [-0.25, -0.2) is 4.98 Å². The zero-order valence-corrected chi connectivity index (χ0v) is 13.4. The number of fused-ring (bicyclic) bond motifs is 1. The number of hydrogen-bond donors (Lipinski definition) is 2. The van der Waals surface area contributed by atoms with Gasteiger partial charge >= 0.3 is 0 Å². The van der Waals surface area contributed by atoms with Crippen LogP contribution in [0.25, 0.3) is 16.6 Å². The van der Waals surface area contributed by atoms with Crippen molar-refractivity contribution in [2.75, 3.05) is 5.32 Å². The topological polar surface area (TPSA) is 40.7 Å². The molecule has 1 aromatic carbocycles. The molecule has 0 aliphatic rings. The first kappa shape index (κ1) is 14.6. The Kier molecular flexibility index (Phi) is 3.41. The van der Waals surface area contributed by atoms with Crippen molar-refractivity contribution in [3.63, 3.8) is 0 Å². The quantitative estimate of drug-likeness (QED) is 0.821. The second kappa shape index (κ2) is 4.65. The van der Waals surface area contributed by atoms with Crippen LogP contribution in [-0.2, 0) is 0 Å². The van der Waals surface area contributed by atoms with Crippen molar-refractivity contribution in [1.82, 2.24) is 9.97 Å². The van der Waals surface area contributed by atoms with Gasteiger partial charge < -0.3 is 10.3 Å². The lowest BCUT2D eigenvalue weighted by molar-refractivity contribution is 0.564. The highest BCUT2D eigenvalue weighted by molar-refractivity contribution is 5.82. The first-order valence-electron chi connectivity index (χ1n) is 7.04. The van der Waals surface area contributed by atoms with Crippen LogP contribution >= 0.6 is 0 Å². The van der Waals surface area contributed by atoms with Gasteiger partial charge in [-0.15, -0.1) is 0 Å². The lowest BCUT2D eigenvalue weighted by atomic mass is 9.87. The van der Waals surface area contributed by atoms with Crippen LogP contribution in [0.3, 0.4) is 0 Å². The minimum Gasteiger partial charge on any atom is -0.380 e. The molecule has 0 amide bonds. The van der Waals surface area contributed by atoms with E-state index in [2.05, 4.69) is 81.6 Å². The van der Waals surface area contributed by atoms with Crippen LogP contribution in [0.4, 0.5) is 5.69 Å². The maximum atomic E-state index is 4.67. The second-order valence-electron chi connectivity index (χ2n) is 7.42. The standard InChI is InChI=1S/C17H25N3/c1-11(16(2,3)4)15-18-13-9-8-12(10-14(13)19-15)20-17(5,6)7/h8-10,20H,1H2,2-7H3,(H,18,19). The fourth-order valence-corrected chi connectivity index (χ4v) is 2.01. The van der Waals surface area contributed by atoms with Gasteiger partial charge in [0.05, 0.1) is 11.0 Å². The summed E-state index contributed by atoms with van der Waals surface area (Å²) in [6, 6.07) is 6.22. The first-order valence-corrected chi connectivity index (χ1v) is 7.04. The summed E-state index contributed by atoms with van der Waals surface area (Å²) in [6.07, 6.45) is 0. The van der Waals surface area contributed by atoms with Gasteiger partial charge in [-0.2, -0.15) is 0 Å². The summed E-state index contributed by atoms with van der Waals surface area (Å²) >= 11 is 0. The Balaban J connectivity index is 2.38. The molecule has 2 aromatic rings. The molecule has 0 radical (unpaired) electrons. The third-order valence-corrected chi connectivity index (χ3v) is 3.19. The average molecular weight is 271 g/mol. The predicted octanol–water partition coefficient (Wildman–Crippen LogP) is 4.83. The predicted molar refractivity (Wildman–Crippen MR) is 88.0 cm³/mol. The van der Waals surface area contributed by atoms with Crippen molar-refractivity contribution in [3.8, 4) is 0 Å². The molecule has 0 unspecified atom stereocenters. The van der Waals surface area contributed by atoms with Gasteiger partial charge in [0.2, 0.25) is 0 Å². The average Bonchev–Trinajstić information content (AvgIpc) is 2.67. The number of hydrogen-bond acceptors (Lipinski definition) is 2. The molecule has 2 rings (SSSR count). The van der Waals surface area contributed by atoms with E-state index in [1.54, 1.807) is 0 Å². The molecule has 0 aliphatic carbocycles. The highest BCUT2D eigenvalue weighted by Gasteiger charge is 2.19. The summed E-state index contributed by atoms with van der Waals surface area (Å²) in [6.45, 7) is 17.1. The van der Waals surface area contributed by atoms with Crippen LogP contribution in [-0.4, -0.2) is 15.5 Å². The number of allylic oxidation sites excluding steroid dienone is 1. The largest absolute Gasteiger partial charge is 0.380 e. The number of imidazole rings is 1. The number of H-pyrrole nitrogens is 1. The second-order valence-corrected chi connectivity index (χ2v) is 7.42. The SMILES string of the molecule is C=C(c1nc2cc(NC(C)(C)C)ccc2[nH]1)C(C)(C)C. The summed E-state index contributed by atoms with van der Waals surface area (Å²) in [5.41, 5.74) is 4.19. The molecule has 0 saturated carbocycles. The number of nitrogens with one attached hydrogen (secondary N) is 2. The monoisotopic (exact) mass is 271 g/mol. The summed E-state index contributed by atoms with van der Waals surface area (Å²) < 4.78 is 0. The van der Waals surface area contributed by atoms with E-state index >= 15 is 0 Å². The fraction of sp³-hybridized carbons (Fsp3) is 0.471. The molecule has 108 valence electrons. The Morgan fingerprint density at radius 3 is 2.35 bits per heavy atom. The molecule has 0 spiro atoms. The maximum absolute atomic E-state index is 4.67. The molecule has 20 heavy (non-hydrogen) atoms. The Morgan fingerprint density at radius 1 is 1.15 bits per heavy atom. The Hall–Kier alpha value is -1.77. The van der Waals surface area contributed by atoms with Crippen LogP contribution < -0.4 is 5.32 Å². The Bertz CT molecular complexity index is 636. The highest BCUT2D eigenvalue weighted by Crippen LogP contribution is 2.32. The minimum absolute atomic E-state index is 0.0143. The summed E-state index contributed by atoms with van der Waals surface area (Å²) in [4.78, 5) is 8.03. The van der Waals surface area contributed by atoms with Crippen LogP contribution in [0.5, 0.6) is 0 Å². The van der Waals surface area contributed by atoms with Gasteiger partial charge in [0, 0.05) is 11.2 Å². The lowest BCUT2D eigenvalue weighted by Gasteiger charge is -2.21. The van der Waals surface area contributed by atoms with E-state index in [9.17, 15) is 0 Å². The van der Waals surface area contributed by atoms with E-state index in [0.717, 1.165) is 28.1 Å². The van der Waals surface area contributed by atoms with Gasteiger partial charge in [-0.05, 0) is 50.0 Å². The lowest BCUT2D eigenvalue weighted by Crippen LogP contribution is -2.25. The molecule has 1 heterocycles. The van der Waals surface area contributed by atoms with Crippen LogP contribution in [0, 0.1) is 5.41 Å². The molecular formula is C17H25N3. The molecule has 3 heteroatoms. The van der Waals surface area contributed by atoms with Crippen molar-refractivity contribution >= 4 is 22.3 Å². The molecule has 3 nitrogen and oxygen atoms in total. The Labute approximate surface area is 121 Å². The third kappa shape index (κ3) is 3.21. The van der Waals surface area contributed by atoms with Gasteiger partial charge in [-0.3, -0.25) is 0 Å². The van der Waals surface area contributed by atoms with Crippen LogP contribution in [0.15, 0.2) is 24.8 Å². The normalized spacial score (nSPS) is 12.7. The number of aromatic amines is 1. The smallest absolute Gasteiger partial charge is 0.134 e. The van der Waals surface area contributed by atoms with Gasteiger partial charge in [0.25, 0.3) is 0 Å². The molecule has 0 atom stereocenters. The zero-order valence-electron chi connectivity index (χ0n) is 13.4. The number of aromatic nitrogens is 2. The summed E-state index contributed by atoms with van der Waals surface area (Å²) in [7, 11) is 0. The highest BCUT2D eigenvalue weighted by atomic mass is 15.0. The van der Waals surface area contributed by atoms with Crippen molar-refractivity contribution in [3.05, 3.63) is 30.6 Å². The first-order chi connectivity index (χ1) is 9.06. The number of anilines is 1. The van der Waals surface area contributed by atoms with E-state index in [1.807, 2.05) is 0 Å². The van der Waals surface area contributed by atoms with E-state index in [1.165, 1.54) is 0 Å².